The zero-order valence-electron chi connectivity index (χ0n) is 19.9. The number of fused-ring (bicyclic) bond motifs is 3. The third-order valence-electron chi connectivity index (χ3n) is 5.98. The van der Waals surface area contributed by atoms with E-state index in [0.29, 0.717) is 29.2 Å². The molecule has 0 saturated heterocycles. The molecule has 2 aromatic carbocycles. The molecular formula is C26H26N6O3. The summed E-state index contributed by atoms with van der Waals surface area (Å²) in [4.78, 5) is 35.5. The van der Waals surface area contributed by atoms with Gasteiger partial charge in [-0.3, -0.25) is 14.2 Å². The molecule has 0 unspecified atom stereocenters. The van der Waals surface area contributed by atoms with Gasteiger partial charge < -0.3 is 14.4 Å². The first kappa shape index (κ1) is 22.5. The van der Waals surface area contributed by atoms with Gasteiger partial charge in [-0.1, -0.05) is 48.0 Å². The number of para-hydroxylation sites is 1. The van der Waals surface area contributed by atoms with Crippen LogP contribution in [0.5, 0.6) is 0 Å². The maximum Gasteiger partial charge on any atom is 0.278 e. The average Bonchev–Trinajstić information content (AvgIpc) is 3.41. The molecule has 0 fully saturated rings. The van der Waals surface area contributed by atoms with Gasteiger partial charge in [0.25, 0.3) is 5.56 Å². The van der Waals surface area contributed by atoms with Crippen LogP contribution < -0.4 is 10.9 Å². The van der Waals surface area contributed by atoms with Crippen molar-refractivity contribution < 1.29 is 9.32 Å². The summed E-state index contributed by atoms with van der Waals surface area (Å²) < 4.78 is 8.47. The van der Waals surface area contributed by atoms with Crippen LogP contribution in [0.4, 0.5) is 5.69 Å². The highest BCUT2D eigenvalue weighted by molar-refractivity contribution is 6.06. The van der Waals surface area contributed by atoms with E-state index in [-0.39, 0.29) is 24.6 Å². The lowest BCUT2D eigenvalue weighted by Gasteiger charge is -2.11. The van der Waals surface area contributed by atoms with E-state index in [4.69, 9.17) is 4.52 Å². The van der Waals surface area contributed by atoms with E-state index in [1.54, 1.807) is 4.57 Å². The number of benzene rings is 2. The number of hydrogen-bond donors (Lipinski definition) is 1. The van der Waals surface area contributed by atoms with E-state index < -0.39 is 0 Å². The Hall–Kier alpha value is -4.27. The Labute approximate surface area is 201 Å². The molecule has 0 bridgehead atoms. The zero-order valence-corrected chi connectivity index (χ0v) is 19.9. The van der Waals surface area contributed by atoms with E-state index in [2.05, 4.69) is 20.4 Å². The minimum Gasteiger partial charge on any atom is -0.337 e. The Morgan fingerprint density at radius 2 is 1.97 bits per heavy atom. The highest BCUT2D eigenvalue weighted by atomic mass is 16.5. The third-order valence-corrected chi connectivity index (χ3v) is 5.98. The molecule has 35 heavy (non-hydrogen) atoms. The van der Waals surface area contributed by atoms with Gasteiger partial charge >= 0.3 is 0 Å². The molecule has 9 nitrogen and oxygen atoms in total. The highest BCUT2D eigenvalue weighted by Gasteiger charge is 2.19. The van der Waals surface area contributed by atoms with Crippen molar-refractivity contribution in [3.8, 4) is 0 Å². The topological polar surface area (TPSA) is 108 Å². The first-order chi connectivity index (χ1) is 16.9. The van der Waals surface area contributed by atoms with Crippen LogP contribution in [-0.2, 0) is 24.3 Å². The molecule has 0 atom stereocenters. The SMILES string of the molecule is CCCc1noc(Cn2cnc3c4ccccc4n(CC(=O)Nc4ccc(C)cc4C)c3c2=O)n1. The Balaban J connectivity index is 1.54. The Bertz CT molecular complexity index is 1610. The molecule has 0 aliphatic rings. The second kappa shape index (κ2) is 9.17. The number of carbonyl (C=O) groups excluding carboxylic acids is 1. The fourth-order valence-corrected chi connectivity index (χ4v) is 4.34. The quantitative estimate of drug-likeness (QED) is 0.385. The Kier molecular flexibility index (Phi) is 5.90. The van der Waals surface area contributed by atoms with Crippen molar-refractivity contribution in [2.75, 3.05) is 5.32 Å². The van der Waals surface area contributed by atoms with Crippen LogP contribution in [0.25, 0.3) is 21.9 Å². The number of aromatic nitrogens is 5. The summed E-state index contributed by atoms with van der Waals surface area (Å²) in [6.45, 7) is 6.07. The average molecular weight is 471 g/mol. The molecule has 1 amide bonds. The number of amides is 1. The van der Waals surface area contributed by atoms with Crippen molar-refractivity contribution in [1.82, 2.24) is 24.3 Å². The summed E-state index contributed by atoms with van der Waals surface area (Å²) in [7, 11) is 0. The second-order valence-corrected chi connectivity index (χ2v) is 8.70. The van der Waals surface area contributed by atoms with Crippen molar-refractivity contribution in [2.24, 2.45) is 0 Å². The monoisotopic (exact) mass is 470 g/mol. The van der Waals surface area contributed by atoms with Crippen molar-refractivity contribution in [3.05, 3.63) is 82.0 Å². The van der Waals surface area contributed by atoms with Gasteiger partial charge in [-0.15, -0.1) is 0 Å². The maximum atomic E-state index is 13.6. The molecule has 178 valence electrons. The van der Waals surface area contributed by atoms with Gasteiger partial charge in [0.05, 0.1) is 11.8 Å². The van der Waals surface area contributed by atoms with Gasteiger partial charge in [-0.25, -0.2) is 4.98 Å². The van der Waals surface area contributed by atoms with Crippen molar-refractivity contribution >= 4 is 33.5 Å². The summed E-state index contributed by atoms with van der Waals surface area (Å²) in [5, 5.41) is 7.74. The van der Waals surface area contributed by atoms with Crippen LogP contribution >= 0.6 is 0 Å². The molecule has 1 N–H and O–H groups in total. The number of hydrogen-bond acceptors (Lipinski definition) is 6. The first-order valence-corrected chi connectivity index (χ1v) is 11.6. The molecule has 5 aromatic rings. The fraction of sp³-hybridized carbons (Fsp3) is 0.269. The van der Waals surface area contributed by atoms with Gasteiger partial charge in [0, 0.05) is 17.5 Å². The lowest BCUT2D eigenvalue weighted by molar-refractivity contribution is -0.116. The summed E-state index contributed by atoms with van der Waals surface area (Å²) in [6, 6.07) is 13.4. The molecule has 0 spiro atoms. The van der Waals surface area contributed by atoms with E-state index >= 15 is 0 Å². The molecule has 9 heteroatoms. The van der Waals surface area contributed by atoms with Crippen LogP contribution in [0.1, 0.15) is 36.2 Å². The summed E-state index contributed by atoms with van der Waals surface area (Å²) >= 11 is 0. The van der Waals surface area contributed by atoms with Crippen molar-refractivity contribution in [2.45, 2.75) is 46.7 Å². The molecule has 3 aromatic heterocycles. The van der Waals surface area contributed by atoms with Crippen LogP contribution in [0.2, 0.25) is 0 Å². The van der Waals surface area contributed by atoms with Crippen LogP contribution in [0, 0.1) is 13.8 Å². The largest absolute Gasteiger partial charge is 0.337 e. The number of nitrogens with zero attached hydrogens (tertiary/aromatic N) is 5. The van der Waals surface area contributed by atoms with Crippen molar-refractivity contribution in [3.63, 3.8) is 0 Å². The number of aryl methyl sites for hydroxylation is 3. The number of carbonyl (C=O) groups is 1. The third kappa shape index (κ3) is 4.32. The number of nitrogens with one attached hydrogen (secondary N) is 1. The van der Waals surface area contributed by atoms with Gasteiger partial charge in [0.1, 0.15) is 24.1 Å². The van der Waals surface area contributed by atoms with E-state index in [0.717, 1.165) is 34.1 Å². The summed E-state index contributed by atoms with van der Waals surface area (Å²) in [5.41, 5.74) is 4.25. The minimum absolute atomic E-state index is 0.0283. The normalized spacial score (nSPS) is 11.4. The summed E-state index contributed by atoms with van der Waals surface area (Å²) in [6.07, 6.45) is 3.09. The minimum atomic E-state index is -0.277. The predicted molar refractivity (Wildman–Crippen MR) is 133 cm³/mol. The van der Waals surface area contributed by atoms with E-state index in [1.807, 2.05) is 63.2 Å². The van der Waals surface area contributed by atoms with Crippen molar-refractivity contribution in [1.29, 1.82) is 0 Å². The second-order valence-electron chi connectivity index (χ2n) is 8.70. The first-order valence-electron chi connectivity index (χ1n) is 11.6. The zero-order chi connectivity index (χ0) is 24.5. The number of anilines is 1. The Morgan fingerprint density at radius 3 is 2.77 bits per heavy atom. The lowest BCUT2D eigenvalue weighted by atomic mass is 10.1. The molecule has 0 saturated carbocycles. The van der Waals surface area contributed by atoms with Crippen LogP contribution in [0.15, 0.2) is 58.1 Å². The van der Waals surface area contributed by atoms with Crippen LogP contribution in [-0.4, -0.2) is 30.2 Å². The van der Waals surface area contributed by atoms with E-state index in [1.165, 1.54) is 10.9 Å². The number of rotatable bonds is 7. The molecule has 0 aliphatic heterocycles. The predicted octanol–water partition coefficient (Wildman–Crippen LogP) is 3.99. The van der Waals surface area contributed by atoms with Gasteiger partial charge in [-0.05, 0) is 38.0 Å². The standard InChI is InChI=1S/C26H26N6O3/c1-4-7-21-29-23(35-30-21)14-31-15-27-24-18-8-5-6-9-20(18)32(25(24)26(31)34)13-22(33)28-19-11-10-16(2)12-17(19)3/h5-6,8-12,15H,4,7,13-14H2,1-3H3,(H,28,33). The van der Waals surface area contributed by atoms with Gasteiger partial charge in [-0.2, -0.15) is 4.98 Å². The van der Waals surface area contributed by atoms with Gasteiger partial charge in [0.2, 0.25) is 11.8 Å². The molecule has 3 heterocycles. The molecular weight excluding hydrogens is 444 g/mol. The fourth-order valence-electron chi connectivity index (χ4n) is 4.34. The summed E-state index contributed by atoms with van der Waals surface area (Å²) in [5.74, 6) is 0.726. The Morgan fingerprint density at radius 1 is 1.14 bits per heavy atom. The van der Waals surface area contributed by atoms with Crippen LogP contribution in [0.3, 0.4) is 0 Å². The lowest BCUT2D eigenvalue weighted by Crippen LogP contribution is -2.25. The van der Waals surface area contributed by atoms with Gasteiger partial charge in [0.15, 0.2) is 5.82 Å². The molecule has 0 radical (unpaired) electrons. The highest BCUT2D eigenvalue weighted by Crippen LogP contribution is 2.25. The molecule has 5 rings (SSSR count). The molecule has 0 aliphatic carbocycles. The maximum absolute atomic E-state index is 13.6. The smallest absolute Gasteiger partial charge is 0.278 e. The van der Waals surface area contributed by atoms with E-state index in [9.17, 15) is 9.59 Å².